The molecule has 3 aromatic heterocycles. The third-order valence-corrected chi connectivity index (χ3v) is 4.49. The van der Waals surface area contributed by atoms with E-state index in [0.29, 0.717) is 27.5 Å². The molecular formula is C12H14N6O2S2. The first kappa shape index (κ1) is 15.0. The first-order valence-corrected chi connectivity index (χ1v) is 8.29. The molecule has 0 aromatic carbocycles. The van der Waals surface area contributed by atoms with Gasteiger partial charge in [-0.05, 0) is 6.92 Å². The molecule has 0 unspecified atom stereocenters. The van der Waals surface area contributed by atoms with Gasteiger partial charge in [0.15, 0.2) is 21.8 Å². The van der Waals surface area contributed by atoms with Gasteiger partial charge in [-0.2, -0.15) is 0 Å². The van der Waals surface area contributed by atoms with Gasteiger partial charge in [0.25, 0.3) is 0 Å². The van der Waals surface area contributed by atoms with E-state index in [1.165, 1.54) is 23.1 Å². The molecule has 4 N–H and O–H groups in total. The summed E-state index contributed by atoms with van der Waals surface area (Å²) < 4.78 is 5.83. The second-order valence-electron chi connectivity index (χ2n) is 4.56. The van der Waals surface area contributed by atoms with Gasteiger partial charge in [-0.3, -0.25) is 0 Å². The van der Waals surface area contributed by atoms with Crippen molar-refractivity contribution in [2.45, 2.75) is 23.9 Å². The number of thiazole rings is 1. The summed E-state index contributed by atoms with van der Waals surface area (Å²) in [5.74, 6) is 1.94. The zero-order valence-corrected chi connectivity index (χ0v) is 13.3. The predicted octanol–water partition coefficient (Wildman–Crippen LogP) is 1.74. The first-order valence-electron chi connectivity index (χ1n) is 6.49. The van der Waals surface area contributed by atoms with E-state index in [4.69, 9.17) is 10.3 Å². The van der Waals surface area contributed by atoms with Crippen molar-refractivity contribution in [1.82, 2.24) is 20.1 Å². The molecule has 1 atom stereocenters. The molecule has 0 aliphatic heterocycles. The molecule has 0 spiro atoms. The molecule has 0 aliphatic carbocycles. The number of nitrogens with zero attached hydrogens (tertiary/aromatic N) is 4. The zero-order chi connectivity index (χ0) is 15.5. The zero-order valence-electron chi connectivity index (χ0n) is 11.7. The highest BCUT2D eigenvalue weighted by molar-refractivity contribution is 7.98. The average Bonchev–Trinajstić information content (AvgIpc) is 3.13. The Balaban J connectivity index is 1.89. The fourth-order valence-corrected chi connectivity index (χ4v) is 3.17. The molecule has 0 bridgehead atoms. The van der Waals surface area contributed by atoms with Gasteiger partial charge in [-0.15, -0.1) is 0 Å². The van der Waals surface area contributed by atoms with E-state index >= 15 is 0 Å². The second-order valence-corrected chi connectivity index (χ2v) is 6.53. The van der Waals surface area contributed by atoms with Crippen molar-refractivity contribution >= 4 is 44.4 Å². The monoisotopic (exact) mass is 338 g/mol. The van der Waals surface area contributed by atoms with Gasteiger partial charge < -0.3 is 20.7 Å². The molecule has 0 saturated carbocycles. The lowest BCUT2D eigenvalue weighted by atomic mass is 10.3. The first-order chi connectivity index (χ1) is 10.7. The smallest absolute Gasteiger partial charge is 0.192 e. The number of fused-ring (bicyclic) bond motifs is 1. The number of hydrogen-bond donors (Lipinski definition) is 3. The number of aliphatic hydroxyl groups excluding tert-OH is 1. The molecule has 3 aromatic rings. The summed E-state index contributed by atoms with van der Waals surface area (Å²) in [5, 5.41) is 17.0. The van der Waals surface area contributed by atoms with Gasteiger partial charge in [0.05, 0.1) is 18.6 Å². The van der Waals surface area contributed by atoms with E-state index in [2.05, 4.69) is 25.4 Å². The third-order valence-electron chi connectivity index (χ3n) is 2.74. The fourth-order valence-electron chi connectivity index (χ4n) is 1.71. The second kappa shape index (κ2) is 6.46. The van der Waals surface area contributed by atoms with Crippen molar-refractivity contribution in [2.75, 3.05) is 17.7 Å². The van der Waals surface area contributed by atoms with Crippen molar-refractivity contribution in [2.24, 2.45) is 0 Å². The van der Waals surface area contributed by atoms with E-state index in [9.17, 15) is 5.11 Å². The number of aromatic nitrogens is 4. The highest BCUT2D eigenvalue weighted by atomic mass is 32.2. The van der Waals surface area contributed by atoms with Crippen molar-refractivity contribution in [1.29, 1.82) is 0 Å². The quantitative estimate of drug-likeness (QED) is 0.455. The summed E-state index contributed by atoms with van der Waals surface area (Å²) in [4.78, 5) is 13.1. The third kappa shape index (κ3) is 3.29. The van der Waals surface area contributed by atoms with Crippen LogP contribution in [-0.4, -0.2) is 37.9 Å². The minimum absolute atomic E-state index is 0.000321. The Hall–Kier alpha value is -1.91. The van der Waals surface area contributed by atoms with Crippen molar-refractivity contribution in [3.05, 3.63) is 18.0 Å². The largest absolute Gasteiger partial charge is 0.394 e. The maximum absolute atomic E-state index is 9.20. The fraction of sp³-hybridized carbons (Fsp3) is 0.333. The van der Waals surface area contributed by atoms with Crippen LogP contribution < -0.4 is 11.1 Å². The normalized spacial score (nSPS) is 12.6. The summed E-state index contributed by atoms with van der Waals surface area (Å²) in [6, 6.07) is 1.66. The van der Waals surface area contributed by atoms with Crippen LogP contribution in [0.25, 0.3) is 10.3 Å². The van der Waals surface area contributed by atoms with Crippen LogP contribution in [0.15, 0.2) is 21.9 Å². The molecule has 3 heterocycles. The Morgan fingerprint density at radius 1 is 1.45 bits per heavy atom. The van der Waals surface area contributed by atoms with Crippen molar-refractivity contribution in [3.63, 3.8) is 0 Å². The van der Waals surface area contributed by atoms with Crippen LogP contribution in [0.3, 0.4) is 0 Å². The summed E-state index contributed by atoms with van der Waals surface area (Å²) in [6.07, 6.45) is 1.59. The van der Waals surface area contributed by atoms with Crippen LogP contribution in [0, 0.1) is 0 Å². The minimum atomic E-state index is -0.131. The summed E-state index contributed by atoms with van der Waals surface area (Å²) >= 11 is 2.73. The van der Waals surface area contributed by atoms with E-state index in [0.717, 1.165) is 10.5 Å². The number of nitrogens with two attached hydrogens (primary N) is 1. The van der Waals surface area contributed by atoms with Crippen molar-refractivity contribution < 1.29 is 9.63 Å². The Morgan fingerprint density at radius 3 is 3.05 bits per heavy atom. The maximum Gasteiger partial charge on any atom is 0.192 e. The van der Waals surface area contributed by atoms with Crippen LogP contribution in [0.5, 0.6) is 0 Å². The Kier molecular flexibility index (Phi) is 4.41. The lowest BCUT2D eigenvalue weighted by Gasteiger charge is -2.12. The summed E-state index contributed by atoms with van der Waals surface area (Å²) in [7, 11) is 0. The molecule has 0 amide bonds. The molecule has 0 aliphatic rings. The van der Waals surface area contributed by atoms with Crippen molar-refractivity contribution in [3.8, 4) is 0 Å². The number of hydrogen-bond acceptors (Lipinski definition) is 10. The number of nitrogen functional groups attached to an aromatic ring is 1. The maximum atomic E-state index is 9.20. The average molecular weight is 338 g/mol. The molecule has 8 nitrogen and oxygen atoms in total. The topological polar surface area (TPSA) is 123 Å². The van der Waals surface area contributed by atoms with Gasteiger partial charge >= 0.3 is 0 Å². The SMILES string of the molecule is C[C@H](CO)Nc1nc(SCc2ccno2)nc2nc(N)sc12. The summed E-state index contributed by atoms with van der Waals surface area (Å²) in [5.41, 5.74) is 6.30. The van der Waals surface area contributed by atoms with Crippen LogP contribution in [0.2, 0.25) is 0 Å². The van der Waals surface area contributed by atoms with Gasteiger partial charge in [0.2, 0.25) is 0 Å². The van der Waals surface area contributed by atoms with E-state index in [1.54, 1.807) is 12.3 Å². The molecule has 116 valence electrons. The molecule has 0 saturated heterocycles. The highest BCUT2D eigenvalue weighted by Crippen LogP contribution is 2.31. The number of nitrogens with one attached hydrogen (secondary N) is 1. The number of aliphatic hydroxyl groups is 1. The molecule has 0 fully saturated rings. The predicted molar refractivity (Wildman–Crippen MR) is 85.9 cm³/mol. The van der Waals surface area contributed by atoms with E-state index < -0.39 is 0 Å². The number of rotatable bonds is 6. The van der Waals surface area contributed by atoms with Crippen LogP contribution in [0.1, 0.15) is 12.7 Å². The van der Waals surface area contributed by atoms with Crippen LogP contribution in [-0.2, 0) is 5.75 Å². The lowest BCUT2D eigenvalue weighted by molar-refractivity contribution is 0.281. The van der Waals surface area contributed by atoms with Crippen LogP contribution in [0.4, 0.5) is 10.9 Å². The van der Waals surface area contributed by atoms with E-state index in [1.807, 2.05) is 6.92 Å². The van der Waals surface area contributed by atoms with Crippen LogP contribution >= 0.6 is 23.1 Å². The van der Waals surface area contributed by atoms with E-state index in [-0.39, 0.29) is 12.6 Å². The number of thioether (sulfide) groups is 1. The Morgan fingerprint density at radius 2 is 2.32 bits per heavy atom. The van der Waals surface area contributed by atoms with Gasteiger partial charge in [0.1, 0.15) is 10.5 Å². The molecular weight excluding hydrogens is 324 g/mol. The molecule has 3 rings (SSSR count). The molecule has 22 heavy (non-hydrogen) atoms. The highest BCUT2D eigenvalue weighted by Gasteiger charge is 2.15. The molecule has 0 radical (unpaired) electrons. The molecule has 10 heteroatoms. The lowest BCUT2D eigenvalue weighted by Crippen LogP contribution is -2.20. The van der Waals surface area contributed by atoms with Gasteiger partial charge in [0, 0.05) is 12.1 Å². The number of anilines is 2. The summed E-state index contributed by atoms with van der Waals surface area (Å²) in [6.45, 7) is 1.86. The van der Waals surface area contributed by atoms with Gasteiger partial charge in [-0.1, -0.05) is 28.3 Å². The Labute approximate surface area is 134 Å². The minimum Gasteiger partial charge on any atom is -0.394 e. The van der Waals surface area contributed by atoms with Gasteiger partial charge in [-0.25, -0.2) is 15.0 Å². The standard InChI is InChI=1S/C12H14N6O2S2/c1-6(4-19)15-9-8-10(16-11(13)22-8)18-12(17-9)21-5-7-2-3-14-20-7/h2-3,6,19H,4-5H2,1H3,(H3,13,15,16,17,18)/t6-/m1/s1. The Bertz CT molecular complexity index is 760.